The zero-order valence-electron chi connectivity index (χ0n) is 11.5. The second-order valence-electron chi connectivity index (χ2n) is 4.48. The van der Waals surface area contributed by atoms with Gasteiger partial charge in [-0.3, -0.25) is 14.9 Å². The van der Waals surface area contributed by atoms with Crippen molar-refractivity contribution in [2.75, 3.05) is 12.3 Å². The molecule has 0 unspecified atom stereocenters. The Morgan fingerprint density at radius 2 is 2.19 bits per heavy atom. The molecule has 1 aromatic carbocycles. The molecule has 110 valence electrons. The zero-order valence-corrected chi connectivity index (χ0v) is 11.5. The summed E-state index contributed by atoms with van der Waals surface area (Å²) < 4.78 is 4.97. The summed E-state index contributed by atoms with van der Waals surface area (Å²) in [5, 5.41) is 10.8. The first-order valence-corrected chi connectivity index (χ1v) is 6.37. The quantitative estimate of drug-likeness (QED) is 0.517. The van der Waals surface area contributed by atoms with Gasteiger partial charge >= 0.3 is 0 Å². The van der Waals surface area contributed by atoms with Crippen LogP contribution < -0.4 is 5.73 Å². The number of nitrogen functional groups attached to an aromatic ring is 1. The minimum atomic E-state index is -0.553. The van der Waals surface area contributed by atoms with E-state index in [9.17, 15) is 14.9 Å². The number of amides is 1. The van der Waals surface area contributed by atoms with Gasteiger partial charge in [0, 0.05) is 36.5 Å². The molecular weight excluding hydrogens is 274 g/mol. The van der Waals surface area contributed by atoms with Crippen LogP contribution in [0.2, 0.25) is 0 Å². The van der Waals surface area contributed by atoms with Crippen LogP contribution in [-0.4, -0.2) is 22.3 Å². The number of hydrogen-bond donors (Lipinski definition) is 1. The van der Waals surface area contributed by atoms with Gasteiger partial charge in [0.2, 0.25) is 0 Å². The fraction of sp³-hybridized carbons (Fsp3) is 0.214. The van der Waals surface area contributed by atoms with Gasteiger partial charge < -0.3 is 15.1 Å². The third-order valence-corrected chi connectivity index (χ3v) is 3.10. The van der Waals surface area contributed by atoms with Crippen LogP contribution in [0.15, 0.2) is 41.2 Å². The van der Waals surface area contributed by atoms with Crippen molar-refractivity contribution < 1.29 is 14.1 Å². The molecule has 21 heavy (non-hydrogen) atoms. The lowest BCUT2D eigenvalue weighted by Crippen LogP contribution is -2.30. The number of nitro benzene ring substituents is 1. The van der Waals surface area contributed by atoms with Crippen molar-refractivity contribution >= 4 is 17.3 Å². The first-order chi connectivity index (χ1) is 10.0. The molecule has 0 fully saturated rings. The lowest BCUT2D eigenvalue weighted by atomic mass is 10.1. The first kappa shape index (κ1) is 14.6. The molecule has 0 spiro atoms. The van der Waals surface area contributed by atoms with E-state index < -0.39 is 4.92 Å². The van der Waals surface area contributed by atoms with Crippen molar-refractivity contribution in [3.8, 4) is 0 Å². The summed E-state index contributed by atoms with van der Waals surface area (Å²) in [7, 11) is 0. The molecule has 0 saturated heterocycles. The van der Waals surface area contributed by atoms with E-state index in [1.54, 1.807) is 17.2 Å². The molecule has 1 aromatic heterocycles. The topological polar surface area (TPSA) is 103 Å². The Morgan fingerprint density at radius 3 is 2.76 bits per heavy atom. The molecule has 7 nitrogen and oxygen atoms in total. The predicted octanol–water partition coefficient (Wildman–Crippen LogP) is 2.43. The molecule has 2 rings (SSSR count). The van der Waals surface area contributed by atoms with E-state index in [1.807, 2.05) is 6.92 Å². The number of nitrogens with zero attached hydrogens (tertiary/aromatic N) is 2. The number of non-ortho nitro benzene ring substituents is 1. The second-order valence-corrected chi connectivity index (χ2v) is 4.48. The Bertz CT molecular complexity index is 652. The maximum Gasteiger partial charge on any atom is 0.270 e. The summed E-state index contributed by atoms with van der Waals surface area (Å²) >= 11 is 0. The molecule has 0 aliphatic heterocycles. The van der Waals surface area contributed by atoms with Crippen LogP contribution in [0.3, 0.4) is 0 Å². The Kier molecular flexibility index (Phi) is 4.22. The van der Waals surface area contributed by atoms with E-state index in [-0.39, 0.29) is 22.8 Å². The average molecular weight is 289 g/mol. The monoisotopic (exact) mass is 289 g/mol. The summed E-state index contributed by atoms with van der Waals surface area (Å²) in [6.07, 6.45) is 3.07. The van der Waals surface area contributed by atoms with Crippen LogP contribution in [0.4, 0.5) is 11.4 Å². The van der Waals surface area contributed by atoms with Crippen molar-refractivity contribution in [3.05, 3.63) is 58.0 Å². The van der Waals surface area contributed by atoms with E-state index in [1.165, 1.54) is 24.5 Å². The number of nitrogens with two attached hydrogens (primary N) is 1. The largest absolute Gasteiger partial charge is 0.472 e. The molecule has 0 saturated carbocycles. The molecule has 2 aromatic rings. The highest BCUT2D eigenvalue weighted by Gasteiger charge is 2.20. The Hall–Kier alpha value is -2.83. The number of anilines is 1. The lowest BCUT2D eigenvalue weighted by molar-refractivity contribution is -0.384. The summed E-state index contributed by atoms with van der Waals surface area (Å²) in [6, 6.07) is 5.61. The standard InChI is InChI=1S/C14H15N3O4/c1-2-16(8-10-5-6-21-9-10)14(18)12-7-11(17(19)20)3-4-13(12)15/h3-7,9H,2,8,15H2,1H3. The van der Waals surface area contributed by atoms with E-state index in [0.717, 1.165) is 5.56 Å². The number of carbonyl (C=O) groups excluding carboxylic acids is 1. The smallest absolute Gasteiger partial charge is 0.270 e. The van der Waals surface area contributed by atoms with Crippen LogP contribution in [-0.2, 0) is 6.54 Å². The number of benzene rings is 1. The maximum absolute atomic E-state index is 12.5. The van der Waals surface area contributed by atoms with Crippen molar-refractivity contribution in [2.45, 2.75) is 13.5 Å². The van der Waals surface area contributed by atoms with Crippen LogP contribution in [0.1, 0.15) is 22.8 Å². The number of hydrogen-bond acceptors (Lipinski definition) is 5. The molecule has 2 N–H and O–H groups in total. The normalized spacial score (nSPS) is 10.3. The van der Waals surface area contributed by atoms with Gasteiger partial charge in [-0.1, -0.05) is 0 Å². The SMILES string of the molecule is CCN(Cc1ccoc1)C(=O)c1cc([N+](=O)[O-])ccc1N. The maximum atomic E-state index is 12.5. The van der Waals surface area contributed by atoms with Crippen LogP contribution in [0.5, 0.6) is 0 Å². The number of rotatable bonds is 5. The minimum Gasteiger partial charge on any atom is -0.472 e. The van der Waals surface area contributed by atoms with Gasteiger partial charge in [0.05, 0.1) is 23.0 Å². The highest BCUT2D eigenvalue weighted by molar-refractivity contribution is 5.99. The number of carbonyl (C=O) groups is 1. The highest BCUT2D eigenvalue weighted by Crippen LogP contribution is 2.22. The molecule has 0 aliphatic rings. The van der Waals surface area contributed by atoms with E-state index in [2.05, 4.69) is 0 Å². The number of nitro groups is 1. The summed E-state index contributed by atoms with van der Waals surface area (Å²) in [5.41, 5.74) is 6.80. The van der Waals surface area contributed by atoms with Gasteiger partial charge in [0.25, 0.3) is 11.6 Å². The van der Waals surface area contributed by atoms with Crippen LogP contribution in [0.25, 0.3) is 0 Å². The van der Waals surface area contributed by atoms with Gasteiger partial charge in [-0.15, -0.1) is 0 Å². The summed E-state index contributed by atoms with van der Waals surface area (Å²) in [4.78, 5) is 24.3. The summed E-state index contributed by atoms with van der Waals surface area (Å²) in [6.45, 7) is 2.63. The molecule has 1 amide bonds. The molecule has 0 atom stereocenters. The molecule has 0 aliphatic carbocycles. The Labute approximate surface area is 121 Å². The summed E-state index contributed by atoms with van der Waals surface area (Å²) in [5.74, 6) is -0.347. The lowest BCUT2D eigenvalue weighted by Gasteiger charge is -2.20. The molecule has 1 heterocycles. The van der Waals surface area contributed by atoms with Crippen LogP contribution in [0, 0.1) is 10.1 Å². The van der Waals surface area contributed by atoms with E-state index >= 15 is 0 Å². The van der Waals surface area contributed by atoms with Gasteiger partial charge in [0.1, 0.15) is 0 Å². The molecule has 7 heteroatoms. The van der Waals surface area contributed by atoms with Crippen LogP contribution >= 0.6 is 0 Å². The molecule has 0 radical (unpaired) electrons. The van der Waals surface area contributed by atoms with Gasteiger partial charge in [-0.2, -0.15) is 0 Å². The second kappa shape index (κ2) is 6.08. The molecular formula is C14H15N3O4. The fourth-order valence-corrected chi connectivity index (χ4v) is 1.94. The van der Waals surface area contributed by atoms with Gasteiger partial charge in [-0.05, 0) is 19.1 Å². The fourth-order valence-electron chi connectivity index (χ4n) is 1.94. The van der Waals surface area contributed by atoms with E-state index in [4.69, 9.17) is 10.2 Å². The van der Waals surface area contributed by atoms with E-state index in [0.29, 0.717) is 13.1 Å². The predicted molar refractivity (Wildman–Crippen MR) is 76.6 cm³/mol. The van der Waals surface area contributed by atoms with Gasteiger partial charge in [0.15, 0.2) is 0 Å². The number of furan rings is 1. The Balaban J connectivity index is 2.28. The zero-order chi connectivity index (χ0) is 15.4. The highest BCUT2D eigenvalue weighted by atomic mass is 16.6. The third-order valence-electron chi connectivity index (χ3n) is 3.10. The van der Waals surface area contributed by atoms with Crippen molar-refractivity contribution in [3.63, 3.8) is 0 Å². The van der Waals surface area contributed by atoms with Crippen molar-refractivity contribution in [1.82, 2.24) is 4.90 Å². The molecule has 0 bridgehead atoms. The van der Waals surface area contributed by atoms with Gasteiger partial charge in [-0.25, -0.2) is 0 Å². The first-order valence-electron chi connectivity index (χ1n) is 6.37. The third kappa shape index (κ3) is 3.19. The van der Waals surface area contributed by atoms with Crippen molar-refractivity contribution in [2.24, 2.45) is 0 Å². The van der Waals surface area contributed by atoms with Crippen molar-refractivity contribution in [1.29, 1.82) is 0 Å². The minimum absolute atomic E-state index is 0.134. The Morgan fingerprint density at radius 1 is 1.43 bits per heavy atom. The average Bonchev–Trinajstić information content (AvgIpc) is 2.97.